The van der Waals surface area contributed by atoms with Crippen molar-refractivity contribution in [1.29, 1.82) is 0 Å². The standard InChI is InChI=1S/C22H24N4O2/c1-4-26-20-9-7-6-8-17(20)24-21(26)14-25(3)22(27)19-12-15-10-11-16(28-5-2)13-18(15)23-19/h6-13,23H,4-5,14H2,1-3H3. The number of carbonyl (C=O) groups is 1. The molecule has 4 rings (SSSR count). The molecule has 2 aromatic carbocycles. The van der Waals surface area contributed by atoms with E-state index in [2.05, 4.69) is 22.5 Å². The average Bonchev–Trinajstić information content (AvgIpc) is 3.27. The number of nitrogens with zero attached hydrogens (tertiary/aromatic N) is 3. The van der Waals surface area contributed by atoms with Crippen molar-refractivity contribution >= 4 is 27.8 Å². The lowest BCUT2D eigenvalue weighted by molar-refractivity contribution is 0.0775. The number of aromatic amines is 1. The zero-order valence-corrected chi connectivity index (χ0v) is 16.4. The normalized spacial score (nSPS) is 11.2. The third-order valence-corrected chi connectivity index (χ3v) is 4.91. The Kier molecular flexibility index (Phi) is 4.77. The highest BCUT2D eigenvalue weighted by Gasteiger charge is 2.18. The number of benzene rings is 2. The van der Waals surface area contributed by atoms with Gasteiger partial charge in [-0.15, -0.1) is 0 Å². The third kappa shape index (κ3) is 3.22. The molecule has 0 spiro atoms. The second-order valence-electron chi connectivity index (χ2n) is 6.79. The molecule has 0 unspecified atom stereocenters. The van der Waals surface area contributed by atoms with Crippen LogP contribution in [-0.2, 0) is 13.1 Å². The van der Waals surface area contributed by atoms with Gasteiger partial charge in [0.1, 0.15) is 17.3 Å². The number of carbonyl (C=O) groups excluding carboxylic acids is 1. The first kappa shape index (κ1) is 18.1. The first-order valence-electron chi connectivity index (χ1n) is 9.56. The molecule has 4 aromatic rings. The molecule has 0 saturated heterocycles. The van der Waals surface area contributed by atoms with E-state index in [-0.39, 0.29) is 5.91 Å². The molecule has 6 nitrogen and oxygen atoms in total. The molecule has 2 aromatic heterocycles. The second kappa shape index (κ2) is 7.38. The lowest BCUT2D eigenvalue weighted by atomic mass is 10.2. The van der Waals surface area contributed by atoms with Crippen LogP contribution in [0.4, 0.5) is 0 Å². The topological polar surface area (TPSA) is 63.1 Å². The predicted octanol–water partition coefficient (Wildman–Crippen LogP) is 4.21. The summed E-state index contributed by atoms with van der Waals surface area (Å²) in [6.07, 6.45) is 0. The Balaban J connectivity index is 1.59. The van der Waals surface area contributed by atoms with Crippen LogP contribution < -0.4 is 4.74 Å². The van der Waals surface area contributed by atoms with Gasteiger partial charge >= 0.3 is 0 Å². The van der Waals surface area contributed by atoms with Gasteiger partial charge in [0.25, 0.3) is 5.91 Å². The van der Waals surface area contributed by atoms with Crippen LogP contribution in [0, 0.1) is 0 Å². The molecule has 2 heterocycles. The molecule has 1 N–H and O–H groups in total. The fraction of sp³-hybridized carbons (Fsp3) is 0.273. The van der Waals surface area contributed by atoms with Crippen LogP contribution in [0.1, 0.15) is 30.2 Å². The molecule has 0 aliphatic rings. The lowest BCUT2D eigenvalue weighted by Gasteiger charge is -2.16. The summed E-state index contributed by atoms with van der Waals surface area (Å²) < 4.78 is 7.69. The highest BCUT2D eigenvalue weighted by atomic mass is 16.5. The summed E-state index contributed by atoms with van der Waals surface area (Å²) in [5, 5.41) is 0.987. The van der Waals surface area contributed by atoms with Crippen molar-refractivity contribution in [1.82, 2.24) is 19.4 Å². The second-order valence-corrected chi connectivity index (χ2v) is 6.79. The Hall–Kier alpha value is -3.28. The Labute approximate surface area is 163 Å². The van der Waals surface area contributed by atoms with Gasteiger partial charge < -0.3 is 19.2 Å². The highest BCUT2D eigenvalue weighted by Crippen LogP contribution is 2.23. The fourth-order valence-electron chi connectivity index (χ4n) is 3.57. The highest BCUT2D eigenvalue weighted by molar-refractivity contribution is 5.98. The Morgan fingerprint density at radius 2 is 2.00 bits per heavy atom. The predicted molar refractivity (Wildman–Crippen MR) is 111 cm³/mol. The van der Waals surface area contributed by atoms with Crippen molar-refractivity contribution in [2.75, 3.05) is 13.7 Å². The summed E-state index contributed by atoms with van der Waals surface area (Å²) in [4.78, 5) is 22.6. The number of amides is 1. The molecule has 0 bridgehead atoms. The number of ether oxygens (including phenoxy) is 1. The zero-order chi connectivity index (χ0) is 19.7. The van der Waals surface area contributed by atoms with Gasteiger partial charge in [0.05, 0.1) is 24.2 Å². The number of aromatic nitrogens is 3. The van der Waals surface area contributed by atoms with Gasteiger partial charge in [-0.2, -0.15) is 0 Å². The molecule has 144 valence electrons. The summed E-state index contributed by atoms with van der Waals surface area (Å²) in [5.74, 6) is 1.61. The summed E-state index contributed by atoms with van der Waals surface area (Å²) >= 11 is 0. The smallest absolute Gasteiger partial charge is 0.270 e. The van der Waals surface area contributed by atoms with Crippen LogP contribution in [0.2, 0.25) is 0 Å². The molecule has 0 fully saturated rings. The minimum atomic E-state index is -0.0659. The molecule has 0 aliphatic carbocycles. The number of imidazole rings is 1. The molecule has 0 saturated carbocycles. The van der Waals surface area contributed by atoms with E-state index in [4.69, 9.17) is 9.72 Å². The maximum absolute atomic E-state index is 13.0. The maximum atomic E-state index is 13.0. The zero-order valence-electron chi connectivity index (χ0n) is 16.4. The Bertz CT molecular complexity index is 1140. The number of hydrogen-bond donors (Lipinski definition) is 1. The molecular formula is C22H24N4O2. The van der Waals surface area contributed by atoms with E-state index >= 15 is 0 Å². The third-order valence-electron chi connectivity index (χ3n) is 4.91. The number of rotatable bonds is 6. The molecule has 0 radical (unpaired) electrons. The van der Waals surface area contributed by atoms with Crippen LogP contribution in [0.3, 0.4) is 0 Å². The van der Waals surface area contributed by atoms with Crippen LogP contribution in [0.15, 0.2) is 48.5 Å². The summed E-state index contributed by atoms with van der Waals surface area (Å²) in [6.45, 7) is 5.91. The fourth-order valence-corrected chi connectivity index (χ4v) is 3.57. The molecule has 0 atom stereocenters. The largest absolute Gasteiger partial charge is 0.494 e. The molecule has 6 heteroatoms. The monoisotopic (exact) mass is 376 g/mol. The van der Waals surface area contributed by atoms with Crippen LogP contribution >= 0.6 is 0 Å². The number of H-pyrrole nitrogens is 1. The average molecular weight is 376 g/mol. The van der Waals surface area contributed by atoms with Crippen molar-refractivity contribution in [2.24, 2.45) is 0 Å². The number of fused-ring (bicyclic) bond motifs is 2. The minimum Gasteiger partial charge on any atom is -0.494 e. The SMILES string of the molecule is CCOc1ccc2cc(C(=O)N(C)Cc3nc4ccccc4n3CC)[nH]c2c1. The Morgan fingerprint density at radius 3 is 2.79 bits per heavy atom. The molecule has 28 heavy (non-hydrogen) atoms. The van der Waals surface area contributed by atoms with E-state index in [1.165, 1.54) is 0 Å². The van der Waals surface area contributed by atoms with Crippen molar-refractivity contribution in [2.45, 2.75) is 26.9 Å². The number of para-hydroxylation sites is 2. The number of nitrogens with one attached hydrogen (secondary N) is 1. The van der Waals surface area contributed by atoms with Crippen molar-refractivity contribution < 1.29 is 9.53 Å². The van der Waals surface area contributed by atoms with Gasteiger partial charge in [-0.1, -0.05) is 12.1 Å². The summed E-state index contributed by atoms with van der Waals surface area (Å²) in [7, 11) is 1.80. The summed E-state index contributed by atoms with van der Waals surface area (Å²) in [6, 6.07) is 15.7. The van der Waals surface area contributed by atoms with Gasteiger partial charge in [-0.05, 0) is 44.2 Å². The van der Waals surface area contributed by atoms with Gasteiger partial charge in [0.2, 0.25) is 0 Å². The minimum absolute atomic E-state index is 0.0659. The van der Waals surface area contributed by atoms with Crippen molar-refractivity contribution in [3.63, 3.8) is 0 Å². The first-order valence-corrected chi connectivity index (χ1v) is 9.56. The van der Waals surface area contributed by atoms with Crippen molar-refractivity contribution in [3.05, 3.63) is 60.0 Å². The van der Waals surface area contributed by atoms with Gasteiger partial charge in [0.15, 0.2) is 0 Å². The van der Waals surface area contributed by atoms with Crippen LogP contribution in [0.5, 0.6) is 5.75 Å². The first-order chi connectivity index (χ1) is 13.6. The molecule has 1 amide bonds. The van der Waals surface area contributed by atoms with Gasteiger partial charge in [-0.25, -0.2) is 4.98 Å². The van der Waals surface area contributed by atoms with E-state index in [0.717, 1.165) is 40.1 Å². The molecular weight excluding hydrogens is 352 g/mol. The van der Waals surface area contributed by atoms with E-state index in [0.29, 0.717) is 18.8 Å². The van der Waals surface area contributed by atoms with E-state index < -0.39 is 0 Å². The van der Waals surface area contributed by atoms with Crippen LogP contribution in [-0.4, -0.2) is 39.0 Å². The Morgan fingerprint density at radius 1 is 1.18 bits per heavy atom. The maximum Gasteiger partial charge on any atom is 0.270 e. The molecule has 0 aliphatic heterocycles. The van der Waals surface area contributed by atoms with Gasteiger partial charge in [-0.3, -0.25) is 4.79 Å². The number of hydrogen-bond acceptors (Lipinski definition) is 3. The van der Waals surface area contributed by atoms with E-state index in [1.807, 2.05) is 49.4 Å². The lowest BCUT2D eigenvalue weighted by Crippen LogP contribution is -2.28. The van der Waals surface area contributed by atoms with Crippen LogP contribution in [0.25, 0.3) is 21.9 Å². The summed E-state index contributed by atoms with van der Waals surface area (Å²) in [5.41, 5.74) is 3.50. The van der Waals surface area contributed by atoms with E-state index in [9.17, 15) is 4.79 Å². The number of aryl methyl sites for hydroxylation is 1. The quantitative estimate of drug-likeness (QED) is 0.548. The van der Waals surface area contributed by atoms with Crippen molar-refractivity contribution in [3.8, 4) is 5.75 Å². The van der Waals surface area contributed by atoms with Gasteiger partial charge in [0, 0.05) is 30.6 Å². The van der Waals surface area contributed by atoms with E-state index in [1.54, 1.807) is 11.9 Å².